The van der Waals surface area contributed by atoms with E-state index in [2.05, 4.69) is 5.32 Å². The number of carbonyl (C=O) groups is 4. The molecule has 0 saturated heterocycles. The molecular weight excluding hydrogens is 413 g/mol. The summed E-state index contributed by atoms with van der Waals surface area (Å²) in [5.74, 6) is -2.56. The summed E-state index contributed by atoms with van der Waals surface area (Å²) in [5, 5.41) is 2.57. The zero-order valence-electron chi connectivity index (χ0n) is 17.0. The van der Waals surface area contributed by atoms with Gasteiger partial charge in [0.15, 0.2) is 0 Å². The van der Waals surface area contributed by atoms with Gasteiger partial charge in [-0.1, -0.05) is 24.3 Å². The highest BCUT2D eigenvalue weighted by atomic mass is 19.1. The molecule has 4 rings (SSSR count). The summed E-state index contributed by atoms with van der Waals surface area (Å²) in [7, 11) is 0. The fraction of sp³-hybridized carbons (Fsp3) is 0.0833. The molecule has 1 aliphatic rings. The third-order valence-corrected chi connectivity index (χ3v) is 4.96. The van der Waals surface area contributed by atoms with E-state index in [0.29, 0.717) is 11.3 Å². The van der Waals surface area contributed by atoms with Crippen molar-refractivity contribution in [1.82, 2.24) is 4.90 Å². The molecule has 3 aromatic rings. The topological polar surface area (TPSA) is 86.8 Å². The van der Waals surface area contributed by atoms with Crippen LogP contribution < -0.4 is 10.2 Å². The van der Waals surface area contributed by atoms with Gasteiger partial charge in [0.2, 0.25) is 5.91 Å². The summed E-state index contributed by atoms with van der Waals surface area (Å²) in [4.78, 5) is 52.6. The first-order valence-electron chi connectivity index (χ1n) is 9.75. The van der Waals surface area contributed by atoms with Crippen molar-refractivity contribution in [2.45, 2.75) is 6.92 Å². The molecule has 0 fully saturated rings. The summed E-state index contributed by atoms with van der Waals surface area (Å²) in [5.41, 5.74) is 1.18. The fourth-order valence-corrected chi connectivity index (χ4v) is 3.49. The molecule has 7 nitrogen and oxygen atoms in total. The van der Waals surface area contributed by atoms with Gasteiger partial charge in [-0.3, -0.25) is 29.0 Å². The van der Waals surface area contributed by atoms with Gasteiger partial charge in [0, 0.05) is 23.9 Å². The Labute approximate surface area is 183 Å². The van der Waals surface area contributed by atoms with E-state index in [9.17, 15) is 23.6 Å². The maximum atomic E-state index is 13.9. The minimum absolute atomic E-state index is 0.118. The number of hydrogen-bond acceptors (Lipinski definition) is 4. The normalized spacial score (nSPS) is 12.5. The van der Waals surface area contributed by atoms with Gasteiger partial charge in [0.25, 0.3) is 17.7 Å². The smallest absolute Gasteiger partial charge is 0.263 e. The van der Waals surface area contributed by atoms with Crippen molar-refractivity contribution in [2.24, 2.45) is 0 Å². The second-order valence-corrected chi connectivity index (χ2v) is 7.20. The third-order valence-electron chi connectivity index (χ3n) is 4.96. The highest BCUT2D eigenvalue weighted by Crippen LogP contribution is 2.28. The number of benzene rings is 3. The highest BCUT2D eigenvalue weighted by Gasteiger charge is 2.38. The average Bonchev–Trinajstić information content (AvgIpc) is 3.01. The van der Waals surface area contributed by atoms with Crippen LogP contribution in [0.25, 0.3) is 0 Å². The second kappa shape index (κ2) is 8.43. The number of halogens is 1. The van der Waals surface area contributed by atoms with Crippen LogP contribution in [0.2, 0.25) is 0 Å². The molecule has 0 aromatic heterocycles. The number of hydrogen-bond donors (Lipinski definition) is 1. The van der Waals surface area contributed by atoms with Crippen LogP contribution in [0.3, 0.4) is 0 Å². The molecule has 0 spiro atoms. The van der Waals surface area contributed by atoms with Crippen molar-refractivity contribution in [3.8, 4) is 0 Å². The largest absolute Gasteiger partial charge is 0.326 e. The molecule has 1 heterocycles. The predicted octanol–water partition coefficient (Wildman–Crippen LogP) is 3.68. The summed E-state index contributed by atoms with van der Waals surface area (Å²) >= 11 is 0. The molecule has 1 aliphatic heterocycles. The van der Waals surface area contributed by atoms with Crippen LogP contribution in [0.15, 0.2) is 72.8 Å². The molecule has 3 aromatic carbocycles. The summed E-state index contributed by atoms with van der Waals surface area (Å²) in [6, 6.07) is 18.1. The Hall–Kier alpha value is -4.33. The zero-order chi connectivity index (χ0) is 22.8. The lowest BCUT2D eigenvalue weighted by Crippen LogP contribution is -2.44. The van der Waals surface area contributed by atoms with E-state index in [1.807, 2.05) is 0 Å². The quantitative estimate of drug-likeness (QED) is 0.625. The highest BCUT2D eigenvalue weighted by molar-refractivity contribution is 6.22. The van der Waals surface area contributed by atoms with Gasteiger partial charge in [0.05, 0.1) is 11.1 Å². The molecule has 0 atom stereocenters. The lowest BCUT2D eigenvalue weighted by molar-refractivity contribution is -0.114. The number of imide groups is 1. The van der Waals surface area contributed by atoms with Crippen LogP contribution in [-0.4, -0.2) is 35.2 Å². The van der Waals surface area contributed by atoms with Crippen molar-refractivity contribution in [3.63, 3.8) is 0 Å². The van der Waals surface area contributed by atoms with Crippen molar-refractivity contribution in [1.29, 1.82) is 0 Å². The van der Waals surface area contributed by atoms with Gasteiger partial charge in [-0.05, 0) is 48.5 Å². The molecule has 0 aliphatic carbocycles. The first kappa shape index (κ1) is 20.9. The molecule has 0 unspecified atom stereocenters. The van der Waals surface area contributed by atoms with Crippen molar-refractivity contribution in [2.75, 3.05) is 16.9 Å². The SMILES string of the molecule is CC(=O)Nc1ccc2c(c1)C(=O)N(CN(C(=O)c1ccccc1)c1cccc(F)c1)C2=O. The number of carbonyl (C=O) groups excluding carboxylic acids is 4. The molecule has 160 valence electrons. The lowest BCUT2D eigenvalue weighted by Gasteiger charge is -2.27. The molecule has 32 heavy (non-hydrogen) atoms. The first-order valence-corrected chi connectivity index (χ1v) is 9.75. The Morgan fingerprint density at radius 2 is 1.62 bits per heavy atom. The summed E-state index contributed by atoms with van der Waals surface area (Å²) in [6.07, 6.45) is 0. The van der Waals surface area contributed by atoms with Crippen LogP contribution in [0, 0.1) is 5.82 Å². The minimum atomic E-state index is -0.612. The molecule has 1 N–H and O–H groups in total. The minimum Gasteiger partial charge on any atom is -0.326 e. The Balaban J connectivity index is 1.69. The number of anilines is 2. The molecule has 0 saturated carbocycles. The average molecular weight is 431 g/mol. The summed E-state index contributed by atoms with van der Waals surface area (Å²) < 4.78 is 13.9. The number of rotatable bonds is 5. The maximum Gasteiger partial charge on any atom is 0.263 e. The van der Waals surface area contributed by atoms with E-state index in [0.717, 1.165) is 11.0 Å². The molecule has 0 radical (unpaired) electrons. The number of amides is 4. The third kappa shape index (κ3) is 3.98. The van der Waals surface area contributed by atoms with E-state index >= 15 is 0 Å². The van der Waals surface area contributed by atoms with Gasteiger partial charge >= 0.3 is 0 Å². The number of nitrogens with zero attached hydrogens (tertiary/aromatic N) is 2. The molecular formula is C24H18FN3O4. The molecule has 8 heteroatoms. The maximum absolute atomic E-state index is 13.9. The Bertz CT molecular complexity index is 1240. The standard InChI is InChI=1S/C24H18FN3O4/c1-15(29)26-18-10-11-20-21(13-18)24(32)28(23(20)31)14-27(19-9-5-8-17(25)12-19)22(30)16-6-3-2-4-7-16/h2-13H,14H2,1H3,(H,26,29). The Morgan fingerprint density at radius 1 is 0.906 bits per heavy atom. The summed E-state index contributed by atoms with van der Waals surface area (Å²) in [6.45, 7) is 0.928. The lowest BCUT2D eigenvalue weighted by atomic mass is 10.1. The Morgan fingerprint density at radius 3 is 2.31 bits per heavy atom. The van der Waals surface area contributed by atoms with Crippen molar-refractivity contribution >= 4 is 35.0 Å². The predicted molar refractivity (Wildman–Crippen MR) is 116 cm³/mol. The monoisotopic (exact) mass is 431 g/mol. The van der Waals surface area contributed by atoms with Gasteiger partial charge in [0.1, 0.15) is 12.5 Å². The number of nitrogens with one attached hydrogen (secondary N) is 1. The Kier molecular flexibility index (Phi) is 5.51. The van der Waals surface area contributed by atoms with E-state index in [4.69, 9.17) is 0 Å². The fourth-order valence-electron chi connectivity index (χ4n) is 3.49. The number of fused-ring (bicyclic) bond motifs is 1. The van der Waals surface area contributed by atoms with Gasteiger partial charge in [-0.15, -0.1) is 0 Å². The molecule has 0 bridgehead atoms. The molecule has 4 amide bonds. The van der Waals surface area contributed by atoms with Crippen LogP contribution in [0.4, 0.5) is 15.8 Å². The van der Waals surface area contributed by atoms with Gasteiger partial charge in [-0.25, -0.2) is 4.39 Å². The first-order chi connectivity index (χ1) is 15.3. The zero-order valence-corrected chi connectivity index (χ0v) is 17.0. The van der Waals surface area contributed by atoms with Crippen LogP contribution >= 0.6 is 0 Å². The van der Waals surface area contributed by atoms with Gasteiger partial charge in [-0.2, -0.15) is 0 Å². The van der Waals surface area contributed by atoms with E-state index in [1.54, 1.807) is 30.3 Å². The van der Waals surface area contributed by atoms with E-state index < -0.39 is 30.2 Å². The van der Waals surface area contributed by atoms with Crippen LogP contribution in [0.1, 0.15) is 38.0 Å². The van der Waals surface area contributed by atoms with Gasteiger partial charge < -0.3 is 5.32 Å². The van der Waals surface area contributed by atoms with Crippen molar-refractivity contribution in [3.05, 3.63) is 95.3 Å². The van der Waals surface area contributed by atoms with E-state index in [1.165, 1.54) is 48.2 Å². The van der Waals surface area contributed by atoms with E-state index in [-0.39, 0.29) is 22.7 Å². The van der Waals surface area contributed by atoms with Crippen LogP contribution in [-0.2, 0) is 4.79 Å². The van der Waals surface area contributed by atoms with Crippen molar-refractivity contribution < 1.29 is 23.6 Å². The van der Waals surface area contributed by atoms with Crippen LogP contribution in [0.5, 0.6) is 0 Å². The second-order valence-electron chi connectivity index (χ2n) is 7.20.